The normalized spacial score (nSPS) is 23.0. The van der Waals surface area contributed by atoms with Crippen LogP contribution in [0.1, 0.15) is 25.3 Å². The lowest BCUT2D eigenvalue weighted by Gasteiger charge is -2.14. The van der Waals surface area contributed by atoms with E-state index < -0.39 is 16.8 Å². The van der Waals surface area contributed by atoms with E-state index in [1.165, 1.54) is 22.8 Å². The van der Waals surface area contributed by atoms with E-state index in [1.54, 1.807) is 0 Å². The van der Waals surface area contributed by atoms with E-state index in [0.717, 1.165) is 6.42 Å². The third-order valence-electron chi connectivity index (χ3n) is 3.58. The van der Waals surface area contributed by atoms with E-state index in [2.05, 4.69) is 0 Å². The van der Waals surface area contributed by atoms with Gasteiger partial charge < -0.3 is 9.52 Å². The van der Waals surface area contributed by atoms with Gasteiger partial charge in [0.1, 0.15) is 0 Å². The summed E-state index contributed by atoms with van der Waals surface area (Å²) in [6, 6.07) is 3.65. The second-order valence-corrected chi connectivity index (χ2v) is 4.71. The Hall–Kier alpha value is -2.15. The maximum atomic E-state index is 11.9. The third kappa shape index (κ3) is 1.82. The van der Waals surface area contributed by atoms with Gasteiger partial charge in [-0.3, -0.25) is 14.7 Å². The van der Waals surface area contributed by atoms with Gasteiger partial charge >= 0.3 is 5.76 Å². The second-order valence-electron chi connectivity index (χ2n) is 4.71. The minimum Gasteiger partial charge on any atom is -0.408 e. The number of oxazole rings is 1. The Morgan fingerprint density at radius 1 is 1.42 bits per heavy atom. The zero-order valence-corrected chi connectivity index (χ0v) is 9.98. The maximum Gasteiger partial charge on any atom is 0.420 e. The summed E-state index contributed by atoms with van der Waals surface area (Å²) in [6.07, 6.45) is 1.49. The number of hydrogen-bond acceptors (Lipinski definition) is 5. The first-order valence-corrected chi connectivity index (χ1v) is 6.05. The van der Waals surface area contributed by atoms with Crippen molar-refractivity contribution < 1.29 is 14.4 Å². The average Bonchev–Trinajstić information content (AvgIpc) is 2.90. The van der Waals surface area contributed by atoms with Crippen molar-refractivity contribution in [1.29, 1.82) is 0 Å². The molecule has 0 spiro atoms. The molecular formula is C12H12N2O5. The molecule has 7 nitrogen and oxygen atoms in total. The second kappa shape index (κ2) is 4.20. The van der Waals surface area contributed by atoms with Gasteiger partial charge in [0.05, 0.1) is 22.6 Å². The molecule has 2 atom stereocenters. The molecule has 0 radical (unpaired) electrons. The van der Waals surface area contributed by atoms with Crippen LogP contribution in [0.4, 0.5) is 5.69 Å². The van der Waals surface area contributed by atoms with Gasteiger partial charge in [-0.15, -0.1) is 0 Å². The Labute approximate surface area is 107 Å². The minimum atomic E-state index is -0.613. The molecule has 100 valence electrons. The van der Waals surface area contributed by atoms with Gasteiger partial charge in [-0.1, -0.05) is 0 Å². The molecule has 0 bridgehead atoms. The van der Waals surface area contributed by atoms with E-state index in [0.29, 0.717) is 23.9 Å². The fourth-order valence-electron chi connectivity index (χ4n) is 2.67. The summed E-state index contributed by atoms with van der Waals surface area (Å²) >= 11 is 0. The lowest BCUT2D eigenvalue weighted by atomic mass is 10.2. The highest BCUT2D eigenvalue weighted by Crippen LogP contribution is 2.32. The number of nitro groups is 1. The van der Waals surface area contributed by atoms with Gasteiger partial charge in [0.2, 0.25) is 0 Å². The van der Waals surface area contributed by atoms with E-state index in [4.69, 9.17) is 4.42 Å². The molecule has 2 aromatic rings. The van der Waals surface area contributed by atoms with Gasteiger partial charge in [-0.05, 0) is 25.3 Å². The summed E-state index contributed by atoms with van der Waals surface area (Å²) in [5, 5.41) is 20.7. The highest BCUT2D eigenvalue weighted by Gasteiger charge is 2.30. The Morgan fingerprint density at radius 2 is 2.21 bits per heavy atom. The van der Waals surface area contributed by atoms with Crippen molar-refractivity contribution in [3.8, 4) is 0 Å². The molecule has 0 aliphatic heterocycles. The molecule has 3 rings (SSSR count). The molecule has 1 aliphatic carbocycles. The summed E-state index contributed by atoms with van der Waals surface area (Å²) in [6.45, 7) is 0. The fraction of sp³-hybridized carbons (Fsp3) is 0.417. The van der Waals surface area contributed by atoms with E-state index in [9.17, 15) is 20.0 Å². The van der Waals surface area contributed by atoms with Crippen LogP contribution in [-0.2, 0) is 0 Å². The number of nitro benzene ring substituents is 1. The predicted molar refractivity (Wildman–Crippen MR) is 66.0 cm³/mol. The zero-order valence-electron chi connectivity index (χ0n) is 9.98. The molecular weight excluding hydrogens is 252 g/mol. The summed E-state index contributed by atoms with van der Waals surface area (Å²) in [7, 11) is 0. The number of fused-ring (bicyclic) bond motifs is 1. The van der Waals surface area contributed by atoms with Crippen LogP contribution >= 0.6 is 0 Å². The number of non-ortho nitro benzene ring substituents is 1. The molecule has 1 saturated carbocycles. The van der Waals surface area contributed by atoms with Crippen LogP contribution in [0.15, 0.2) is 27.4 Å². The Balaban J connectivity index is 2.22. The van der Waals surface area contributed by atoms with Gasteiger partial charge in [-0.25, -0.2) is 4.79 Å². The lowest BCUT2D eigenvalue weighted by Crippen LogP contribution is -2.26. The number of aliphatic hydroxyl groups excluding tert-OH is 1. The lowest BCUT2D eigenvalue weighted by molar-refractivity contribution is -0.384. The molecule has 1 aromatic heterocycles. The summed E-state index contributed by atoms with van der Waals surface area (Å²) in [4.78, 5) is 22.1. The van der Waals surface area contributed by atoms with Crippen molar-refractivity contribution in [3.05, 3.63) is 38.9 Å². The van der Waals surface area contributed by atoms with Crippen LogP contribution in [0.3, 0.4) is 0 Å². The zero-order chi connectivity index (χ0) is 13.6. The highest BCUT2D eigenvalue weighted by molar-refractivity contribution is 5.76. The van der Waals surface area contributed by atoms with Crippen LogP contribution in [0.5, 0.6) is 0 Å². The van der Waals surface area contributed by atoms with Gasteiger partial charge in [0, 0.05) is 12.1 Å². The number of hydrogen-bond donors (Lipinski definition) is 1. The molecule has 0 saturated heterocycles. The Bertz CT molecular complexity index is 702. The van der Waals surface area contributed by atoms with Crippen LogP contribution in [0.25, 0.3) is 11.1 Å². The molecule has 7 heteroatoms. The first-order chi connectivity index (χ1) is 9.08. The Kier molecular flexibility index (Phi) is 2.63. The predicted octanol–water partition coefficient (Wildman–Crippen LogP) is 1.59. The average molecular weight is 264 g/mol. The molecule has 19 heavy (non-hydrogen) atoms. The van der Waals surface area contributed by atoms with Crippen LogP contribution < -0.4 is 5.76 Å². The molecule has 1 aromatic carbocycles. The van der Waals surface area contributed by atoms with E-state index in [1.807, 2.05) is 0 Å². The quantitative estimate of drug-likeness (QED) is 0.656. The molecule has 0 amide bonds. The number of rotatable bonds is 2. The molecule has 1 heterocycles. The Morgan fingerprint density at radius 3 is 2.84 bits per heavy atom. The topological polar surface area (TPSA) is 98.5 Å². The SMILES string of the molecule is O=c1oc2ccc([N+](=O)[O-])cc2n1C1CCCC1O. The van der Waals surface area contributed by atoms with Gasteiger partial charge in [0.25, 0.3) is 5.69 Å². The third-order valence-corrected chi connectivity index (χ3v) is 3.58. The number of aliphatic hydroxyl groups is 1. The minimum absolute atomic E-state index is 0.102. The maximum absolute atomic E-state index is 11.9. The highest BCUT2D eigenvalue weighted by atomic mass is 16.6. The first kappa shape index (κ1) is 11.9. The van der Waals surface area contributed by atoms with Gasteiger partial charge in [-0.2, -0.15) is 0 Å². The molecule has 2 unspecified atom stereocenters. The number of nitrogens with zero attached hydrogens (tertiary/aromatic N) is 2. The van der Waals surface area contributed by atoms with Crippen molar-refractivity contribution >= 4 is 16.8 Å². The van der Waals surface area contributed by atoms with E-state index in [-0.39, 0.29) is 11.7 Å². The van der Waals surface area contributed by atoms with E-state index >= 15 is 0 Å². The summed E-state index contributed by atoms with van der Waals surface area (Å²) in [5.41, 5.74) is 0.564. The van der Waals surface area contributed by atoms with Gasteiger partial charge in [0.15, 0.2) is 5.58 Å². The number of aromatic nitrogens is 1. The first-order valence-electron chi connectivity index (χ1n) is 6.05. The standard InChI is InChI=1S/C12H12N2O5/c15-10-3-1-2-8(10)13-9-6-7(14(17)18)4-5-11(9)19-12(13)16/h4-6,8,10,15H,1-3H2. The monoisotopic (exact) mass is 264 g/mol. The molecule has 1 fully saturated rings. The number of benzene rings is 1. The molecule has 1 aliphatic rings. The van der Waals surface area contributed by atoms with Crippen molar-refractivity contribution in [1.82, 2.24) is 4.57 Å². The van der Waals surface area contributed by atoms with Crippen LogP contribution in [0.2, 0.25) is 0 Å². The van der Waals surface area contributed by atoms with Crippen LogP contribution in [-0.4, -0.2) is 20.7 Å². The van der Waals surface area contributed by atoms with Crippen molar-refractivity contribution in [2.24, 2.45) is 0 Å². The molecule has 1 N–H and O–H groups in total. The fourth-order valence-corrected chi connectivity index (χ4v) is 2.67. The van der Waals surface area contributed by atoms with Crippen molar-refractivity contribution in [2.75, 3.05) is 0 Å². The van der Waals surface area contributed by atoms with Crippen molar-refractivity contribution in [2.45, 2.75) is 31.4 Å². The summed E-state index contributed by atoms with van der Waals surface area (Å²) in [5.74, 6) is -0.582. The largest absolute Gasteiger partial charge is 0.420 e. The van der Waals surface area contributed by atoms with Crippen LogP contribution in [0, 0.1) is 10.1 Å². The van der Waals surface area contributed by atoms with Crippen molar-refractivity contribution in [3.63, 3.8) is 0 Å². The summed E-state index contributed by atoms with van der Waals surface area (Å²) < 4.78 is 6.40. The smallest absolute Gasteiger partial charge is 0.408 e.